The summed E-state index contributed by atoms with van der Waals surface area (Å²) in [7, 11) is -2.49. The van der Waals surface area contributed by atoms with Crippen LogP contribution in [0.25, 0.3) is 11.0 Å². The average Bonchev–Trinajstić information content (AvgIpc) is 2.71. The lowest BCUT2D eigenvalue weighted by molar-refractivity contribution is 0.0473. The van der Waals surface area contributed by atoms with Crippen LogP contribution in [0.3, 0.4) is 0 Å². The minimum Gasteiger partial charge on any atom is -0.457 e. The van der Waals surface area contributed by atoms with Gasteiger partial charge in [-0.1, -0.05) is 30.7 Å². The fourth-order valence-corrected chi connectivity index (χ4v) is 3.73. The van der Waals surface area contributed by atoms with Crippen molar-refractivity contribution in [2.45, 2.75) is 24.8 Å². The van der Waals surface area contributed by atoms with Gasteiger partial charge in [0, 0.05) is 17.0 Å². The third-order valence-electron chi connectivity index (χ3n) is 4.40. The zero-order valence-corrected chi connectivity index (χ0v) is 17.3. The van der Waals surface area contributed by atoms with Crippen molar-refractivity contribution in [3.63, 3.8) is 0 Å². The first-order valence-electron chi connectivity index (χ1n) is 8.71. The van der Waals surface area contributed by atoms with Gasteiger partial charge in [0.15, 0.2) is 0 Å². The van der Waals surface area contributed by atoms with E-state index in [2.05, 4.69) is 4.72 Å². The first-order valence-corrected chi connectivity index (χ1v) is 10.6. The zero-order chi connectivity index (χ0) is 21.2. The van der Waals surface area contributed by atoms with Crippen molar-refractivity contribution in [2.24, 2.45) is 0 Å². The van der Waals surface area contributed by atoms with Gasteiger partial charge in [0.2, 0.25) is 10.0 Å². The summed E-state index contributed by atoms with van der Waals surface area (Å²) >= 11 is 6.04. The maximum Gasteiger partial charge on any atom is 0.340 e. The number of rotatable bonds is 6. The molecule has 0 aliphatic rings. The molecule has 0 aliphatic heterocycles. The Bertz CT molecular complexity index is 1250. The molecule has 0 unspecified atom stereocenters. The van der Waals surface area contributed by atoms with Crippen LogP contribution in [0.4, 0.5) is 0 Å². The van der Waals surface area contributed by atoms with E-state index < -0.39 is 21.6 Å². The molecule has 9 heteroatoms. The van der Waals surface area contributed by atoms with Crippen molar-refractivity contribution in [1.29, 1.82) is 0 Å². The van der Waals surface area contributed by atoms with E-state index >= 15 is 0 Å². The van der Waals surface area contributed by atoms with Gasteiger partial charge >= 0.3 is 11.6 Å². The normalized spacial score (nSPS) is 11.6. The number of hydrogen-bond donors (Lipinski definition) is 1. The maximum atomic E-state index is 12.5. The molecule has 1 N–H and O–H groups in total. The second kappa shape index (κ2) is 8.36. The number of aryl methyl sites for hydroxylation is 1. The molecule has 0 radical (unpaired) electrons. The van der Waals surface area contributed by atoms with Crippen LogP contribution < -0.4 is 10.3 Å². The molecule has 0 bridgehead atoms. The van der Waals surface area contributed by atoms with Gasteiger partial charge in [0.05, 0.1) is 15.5 Å². The van der Waals surface area contributed by atoms with Crippen LogP contribution in [0, 0.1) is 0 Å². The van der Waals surface area contributed by atoms with Crippen LogP contribution in [-0.2, 0) is 27.8 Å². The van der Waals surface area contributed by atoms with Gasteiger partial charge in [0.25, 0.3) is 0 Å². The van der Waals surface area contributed by atoms with Gasteiger partial charge in [-0.05, 0) is 43.3 Å². The molecule has 3 aromatic rings. The second-order valence-corrected chi connectivity index (χ2v) is 8.49. The van der Waals surface area contributed by atoms with E-state index in [-0.39, 0.29) is 22.1 Å². The first-order chi connectivity index (χ1) is 13.7. The smallest absolute Gasteiger partial charge is 0.340 e. The molecule has 1 heterocycles. The Kier molecular flexibility index (Phi) is 6.07. The Morgan fingerprint density at radius 2 is 1.93 bits per heavy atom. The number of hydrogen-bond acceptors (Lipinski definition) is 6. The molecule has 0 amide bonds. The molecule has 0 aliphatic carbocycles. The molecule has 0 saturated carbocycles. The highest BCUT2D eigenvalue weighted by Crippen LogP contribution is 2.23. The van der Waals surface area contributed by atoms with Crippen molar-refractivity contribution < 1.29 is 22.4 Å². The van der Waals surface area contributed by atoms with Gasteiger partial charge in [0.1, 0.15) is 12.2 Å². The predicted molar refractivity (Wildman–Crippen MR) is 109 cm³/mol. The van der Waals surface area contributed by atoms with Crippen molar-refractivity contribution in [3.8, 4) is 0 Å². The van der Waals surface area contributed by atoms with Crippen molar-refractivity contribution in [3.05, 3.63) is 74.6 Å². The summed E-state index contributed by atoms with van der Waals surface area (Å²) in [5.41, 5.74) is 1.23. The van der Waals surface area contributed by atoms with Crippen LogP contribution in [0.5, 0.6) is 0 Å². The van der Waals surface area contributed by atoms with E-state index in [1.54, 1.807) is 12.1 Å². The van der Waals surface area contributed by atoms with Gasteiger partial charge in [-0.15, -0.1) is 0 Å². The lowest BCUT2D eigenvalue weighted by atomic mass is 10.1. The molecular formula is C20H18ClNO6S. The molecule has 29 heavy (non-hydrogen) atoms. The van der Waals surface area contributed by atoms with Crippen molar-refractivity contribution in [1.82, 2.24) is 4.72 Å². The topological polar surface area (TPSA) is 103 Å². The van der Waals surface area contributed by atoms with Crippen molar-refractivity contribution in [2.75, 3.05) is 7.05 Å². The fraction of sp³-hybridized carbons (Fsp3) is 0.200. The minimum atomic E-state index is -3.75. The SMILES string of the molecule is CCc1ccc2c(COC(=O)c3cc(S(=O)(=O)NC)ccc3Cl)cc(=O)oc2c1. The average molecular weight is 436 g/mol. The van der Waals surface area contributed by atoms with Gasteiger partial charge in [-0.3, -0.25) is 0 Å². The van der Waals surface area contributed by atoms with E-state index in [9.17, 15) is 18.0 Å². The molecule has 3 rings (SSSR count). The molecule has 0 atom stereocenters. The summed E-state index contributed by atoms with van der Waals surface area (Å²) < 4.78 is 36.6. The molecule has 2 aromatic carbocycles. The molecule has 0 fully saturated rings. The lowest BCUT2D eigenvalue weighted by Crippen LogP contribution is -2.19. The number of halogens is 1. The van der Waals surface area contributed by atoms with E-state index in [1.165, 1.54) is 25.2 Å². The van der Waals surface area contributed by atoms with Crippen LogP contribution in [0.2, 0.25) is 5.02 Å². The molecule has 1 aromatic heterocycles. The third kappa shape index (κ3) is 4.50. The molecule has 0 saturated heterocycles. The Morgan fingerprint density at radius 3 is 2.62 bits per heavy atom. The van der Waals surface area contributed by atoms with Crippen LogP contribution in [-0.4, -0.2) is 21.4 Å². The third-order valence-corrected chi connectivity index (χ3v) is 6.14. The zero-order valence-electron chi connectivity index (χ0n) is 15.7. The highest BCUT2D eigenvalue weighted by Gasteiger charge is 2.19. The number of ether oxygens (including phenoxy) is 1. The number of sulfonamides is 1. The molecule has 0 spiro atoms. The van der Waals surface area contributed by atoms with Gasteiger partial charge in [-0.25, -0.2) is 22.7 Å². The van der Waals surface area contributed by atoms with Crippen molar-refractivity contribution >= 4 is 38.6 Å². The largest absolute Gasteiger partial charge is 0.457 e. The summed E-state index contributed by atoms with van der Waals surface area (Å²) in [6.07, 6.45) is 0.781. The summed E-state index contributed by atoms with van der Waals surface area (Å²) in [4.78, 5) is 24.2. The van der Waals surface area contributed by atoms with Crippen LogP contribution >= 0.6 is 11.6 Å². The Hall–Kier alpha value is -2.68. The number of esters is 1. The van der Waals surface area contributed by atoms with Gasteiger partial charge < -0.3 is 9.15 Å². The monoisotopic (exact) mass is 435 g/mol. The van der Waals surface area contributed by atoms with E-state index in [0.717, 1.165) is 18.1 Å². The molecule has 152 valence electrons. The molecule has 7 nitrogen and oxygen atoms in total. The maximum absolute atomic E-state index is 12.5. The first kappa shape index (κ1) is 21.0. The summed E-state index contributed by atoms with van der Waals surface area (Å²) in [5.74, 6) is -0.810. The highest BCUT2D eigenvalue weighted by atomic mass is 35.5. The number of benzene rings is 2. The lowest BCUT2D eigenvalue weighted by Gasteiger charge is -2.10. The van der Waals surface area contributed by atoms with E-state index in [4.69, 9.17) is 20.8 Å². The van der Waals surface area contributed by atoms with E-state index in [1.807, 2.05) is 13.0 Å². The van der Waals surface area contributed by atoms with E-state index in [0.29, 0.717) is 16.5 Å². The number of carbonyl (C=O) groups excluding carboxylic acids is 1. The number of fused-ring (bicyclic) bond motifs is 1. The van der Waals surface area contributed by atoms with Crippen LogP contribution in [0.1, 0.15) is 28.4 Å². The Balaban J connectivity index is 1.90. The fourth-order valence-electron chi connectivity index (χ4n) is 2.78. The second-order valence-electron chi connectivity index (χ2n) is 6.20. The van der Waals surface area contributed by atoms with Crippen LogP contribution in [0.15, 0.2) is 56.6 Å². The predicted octanol–water partition coefficient (Wildman–Crippen LogP) is 3.27. The quantitative estimate of drug-likeness (QED) is 0.471. The Labute approximate surface area is 172 Å². The summed E-state index contributed by atoms with van der Waals surface area (Å²) in [6, 6.07) is 10.5. The summed E-state index contributed by atoms with van der Waals surface area (Å²) in [6.45, 7) is 1.78. The Morgan fingerprint density at radius 1 is 1.17 bits per heavy atom. The minimum absolute atomic E-state index is 0.0510. The summed E-state index contributed by atoms with van der Waals surface area (Å²) in [5, 5.41) is 0.697. The number of carbonyl (C=O) groups is 1. The van der Waals surface area contributed by atoms with Gasteiger partial charge in [-0.2, -0.15) is 0 Å². The number of nitrogens with one attached hydrogen (secondary N) is 1. The molecular weight excluding hydrogens is 418 g/mol. The standard InChI is InChI=1S/C20H18ClNO6S/c1-3-12-4-6-15-13(9-19(23)28-18(15)8-12)11-27-20(24)16-10-14(5-7-17(16)21)29(25,26)22-2/h4-10,22H,3,11H2,1-2H3. The highest BCUT2D eigenvalue weighted by molar-refractivity contribution is 7.89.